The zero-order chi connectivity index (χ0) is 9.94. The topological polar surface area (TPSA) is 55.6 Å². The van der Waals surface area contributed by atoms with Crippen LogP contribution in [0, 0.1) is 0 Å². The van der Waals surface area contributed by atoms with Gasteiger partial charge in [-0.2, -0.15) is 0 Å². The number of aromatic nitrogens is 4. The van der Waals surface area contributed by atoms with E-state index in [0.29, 0.717) is 0 Å². The number of nitrogens with zero attached hydrogens (tertiary/aromatic N) is 4. The summed E-state index contributed by atoms with van der Waals surface area (Å²) < 4.78 is 1.53. The minimum absolute atomic E-state index is 1.25. The summed E-state index contributed by atoms with van der Waals surface area (Å²) in [5.41, 5.74) is 0. The molecule has 0 radical (unpaired) electrons. The standard InChI is InChI=1S/C4H9N.C2H4N4.C2H6/c1-2-4-5-3-1;1-6-2-3-4-5-6;1-2/h5H,1-4H2;2H,1H3;1-2H3. The first-order chi connectivity index (χ1) is 6.39. The van der Waals surface area contributed by atoms with Crippen LogP contribution >= 0.6 is 0 Å². The third-order valence-corrected chi connectivity index (χ3v) is 1.41. The molecule has 0 spiro atoms. The minimum Gasteiger partial charge on any atom is -0.317 e. The molecule has 1 aliphatic heterocycles. The summed E-state index contributed by atoms with van der Waals surface area (Å²) in [6, 6.07) is 0. The molecule has 0 saturated carbocycles. The van der Waals surface area contributed by atoms with E-state index in [-0.39, 0.29) is 0 Å². The first kappa shape index (κ1) is 12.0. The fourth-order valence-corrected chi connectivity index (χ4v) is 0.832. The van der Waals surface area contributed by atoms with Gasteiger partial charge in [0, 0.05) is 7.05 Å². The van der Waals surface area contributed by atoms with Gasteiger partial charge in [-0.25, -0.2) is 4.68 Å². The molecule has 1 saturated heterocycles. The summed E-state index contributed by atoms with van der Waals surface area (Å²) in [5, 5.41) is 13.4. The van der Waals surface area contributed by atoms with Gasteiger partial charge in [0.25, 0.3) is 0 Å². The van der Waals surface area contributed by atoms with Crippen molar-refractivity contribution in [2.75, 3.05) is 13.1 Å². The molecule has 1 aliphatic rings. The third-order valence-electron chi connectivity index (χ3n) is 1.41. The van der Waals surface area contributed by atoms with Crippen molar-refractivity contribution in [3.05, 3.63) is 6.33 Å². The molecule has 2 rings (SSSR count). The Morgan fingerprint density at radius 1 is 1.23 bits per heavy atom. The number of tetrazole rings is 1. The number of aryl methyl sites for hydroxylation is 1. The lowest BCUT2D eigenvalue weighted by molar-refractivity contribution is 0.710. The van der Waals surface area contributed by atoms with Crippen LogP contribution in [0.3, 0.4) is 0 Å². The molecular weight excluding hydrogens is 166 g/mol. The second-order valence-corrected chi connectivity index (χ2v) is 2.44. The van der Waals surface area contributed by atoms with Gasteiger partial charge in [-0.3, -0.25) is 0 Å². The maximum absolute atomic E-state index is 3.47. The molecule has 0 aromatic carbocycles. The van der Waals surface area contributed by atoms with Gasteiger partial charge in [0.1, 0.15) is 6.33 Å². The molecule has 76 valence electrons. The molecule has 2 heterocycles. The average molecular weight is 185 g/mol. The van der Waals surface area contributed by atoms with Gasteiger partial charge in [-0.15, -0.1) is 5.10 Å². The highest BCUT2D eigenvalue weighted by molar-refractivity contribution is 4.55. The van der Waals surface area contributed by atoms with Crippen LogP contribution in [0.1, 0.15) is 26.7 Å². The van der Waals surface area contributed by atoms with Gasteiger partial charge >= 0.3 is 0 Å². The van der Waals surface area contributed by atoms with E-state index < -0.39 is 0 Å². The maximum atomic E-state index is 3.47. The predicted octanol–water partition coefficient (Wildman–Crippen LogP) is 0.606. The van der Waals surface area contributed by atoms with E-state index in [0.717, 1.165) is 0 Å². The Bertz CT molecular complexity index is 161. The van der Waals surface area contributed by atoms with Crippen molar-refractivity contribution in [3.8, 4) is 0 Å². The van der Waals surface area contributed by atoms with Gasteiger partial charge < -0.3 is 5.32 Å². The van der Waals surface area contributed by atoms with E-state index in [2.05, 4.69) is 20.8 Å². The van der Waals surface area contributed by atoms with Crippen molar-refractivity contribution >= 4 is 0 Å². The molecule has 0 atom stereocenters. The van der Waals surface area contributed by atoms with Crippen LogP contribution in [0.2, 0.25) is 0 Å². The molecule has 0 amide bonds. The summed E-state index contributed by atoms with van der Waals surface area (Å²) in [6.07, 6.45) is 4.31. The van der Waals surface area contributed by atoms with E-state index in [9.17, 15) is 0 Å². The van der Waals surface area contributed by atoms with Gasteiger partial charge in [-0.1, -0.05) is 13.8 Å². The third kappa shape index (κ3) is 7.39. The summed E-state index contributed by atoms with van der Waals surface area (Å²) in [7, 11) is 1.76. The molecule has 5 nitrogen and oxygen atoms in total. The van der Waals surface area contributed by atoms with Crippen LogP contribution in [0.5, 0.6) is 0 Å². The summed E-state index contributed by atoms with van der Waals surface area (Å²) in [4.78, 5) is 0. The fourth-order valence-electron chi connectivity index (χ4n) is 0.832. The SMILES string of the molecule is C1CCNC1.CC.Cn1cnnn1. The Hall–Kier alpha value is -0.970. The molecule has 1 fully saturated rings. The quantitative estimate of drug-likeness (QED) is 0.643. The highest BCUT2D eigenvalue weighted by Crippen LogP contribution is 1.90. The highest BCUT2D eigenvalue weighted by atomic mass is 15.5. The molecule has 13 heavy (non-hydrogen) atoms. The molecule has 1 N–H and O–H groups in total. The Morgan fingerprint density at radius 2 is 1.85 bits per heavy atom. The van der Waals surface area contributed by atoms with Crippen molar-refractivity contribution < 1.29 is 0 Å². The number of hydrogen-bond donors (Lipinski definition) is 1. The normalized spacial score (nSPS) is 13.8. The Labute approximate surface area is 79.5 Å². The Balaban J connectivity index is 0.000000189. The van der Waals surface area contributed by atoms with Crippen LogP contribution in [-0.4, -0.2) is 33.3 Å². The summed E-state index contributed by atoms with van der Waals surface area (Å²) >= 11 is 0. The van der Waals surface area contributed by atoms with Crippen molar-refractivity contribution in [3.63, 3.8) is 0 Å². The number of rotatable bonds is 0. The van der Waals surface area contributed by atoms with Crippen molar-refractivity contribution in [2.45, 2.75) is 26.7 Å². The predicted molar refractivity (Wildman–Crippen MR) is 52.2 cm³/mol. The largest absolute Gasteiger partial charge is 0.317 e. The van der Waals surface area contributed by atoms with Crippen LogP contribution in [0.25, 0.3) is 0 Å². The van der Waals surface area contributed by atoms with Gasteiger partial charge in [0.15, 0.2) is 0 Å². The number of hydrogen-bond acceptors (Lipinski definition) is 4. The van der Waals surface area contributed by atoms with Crippen LogP contribution in [0.4, 0.5) is 0 Å². The van der Waals surface area contributed by atoms with E-state index in [1.54, 1.807) is 7.05 Å². The van der Waals surface area contributed by atoms with Crippen LogP contribution < -0.4 is 5.32 Å². The van der Waals surface area contributed by atoms with Gasteiger partial charge in [0.05, 0.1) is 0 Å². The van der Waals surface area contributed by atoms with E-state index in [1.807, 2.05) is 13.8 Å². The van der Waals surface area contributed by atoms with E-state index in [1.165, 1.54) is 36.9 Å². The smallest absolute Gasteiger partial charge is 0.137 e. The Kier molecular flexibility index (Phi) is 8.44. The first-order valence-corrected chi connectivity index (χ1v) is 4.77. The molecule has 1 aromatic rings. The Morgan fingerprint density at radius 3 is 2.00 bits per heavy atom. The maximum Gasteiger partial charge on any atom is 0.137 e. The zero-order valence-electron chi connectivity index (χ0n) is 8.69. The van der Waals surface area contributed by atoms with Gasteiger partial charge in [-0.05, 0) is 36.4 Å². The van der Waals surface area contributed by atoms with Crippen molar-refractivity contribution in [2.24, 2.45) is 7.05 Å². The van der Waals surface area contributed by atoms with Crippen molar-refractivity contribution in [1.82, 2.24) is 25.5 Å². The summed E-state index contributed by atoms with van der Waals surface area (Å²) in [6.45, 7) is 6.50. The molecule has 0 unspecified atom stereocenters. The van der Waals surface area contributed by atoms with E-state index in [4.69, 9.17) is 0 Å². The fraction of sp³-hybridized carbons (Fsp3) is 0.875. The van der Waals surface area contributed by atoms with Crippen LogP contribution in [-0.2, 0) is 7.05 Å². The molecule has 0 aliphatic carbocycles. The molecular formula is C8H19N5. The minimum atomic E-state index is 1.25. The first-order valence-electron chi connectivity index (χ1n) is 4.77. The van der Waals surface area contributed by atoms with E-state index >= 15 is 0 Å². The van der Waals surface area contributed by atoms with Crippen molar-refractivity contribution in [1.29, 1.82) is 0 Å². The lowest BCUT2D eigenvalue weighted by Gasteiger charge is -1.76. The lowest BCUT2D eigenvalue weighted by atomic mass is 10.4. The lowest BCUT2D eigenvalue weighted by Crippen LogP contribution is -2.03. The van der Waals surface area contributed by atoms with Gasteiger partial charge in [0.2, 0.25) is 0 Å². The van der Waals surface area contributed by atoms with Crippen LogP contribution in [0.15, 0.2) is 6.33 Å². The molecule has 0 bridgehead atoms. The molecule has 1 aromatic heterocycles. The summed E-state index contributed by atoms with van der Waals surface area (Å²) in [5.74, 6) is 0. The average Bonchev–Trinajstić information content (AvgIpc) is 2.81. The molecule has 5 heteroatoms. The second-order valence-electron chi connectivity index (χ2n) is 2.44. The number of nitrogens with one attached hydrogen (secondary N) is 1. The zero-order valence-corrected chi connectivity index (χ0v) is 8.69. The second kappa shape index (κ2) is 9.12. The highest BCUT2D eigenvalue weighted by Gasteiger charge is 1.93. The monoisotopic (exact) mass is 185 g/mol.